The Balaban J connectivity index is 2.15. The minimum absolute atomic E-state index is 0.735. The quantitative estimate of drug-likeness (QED) is 0.591. The van der Waals surface area contributed by atoms with E-state index in [4.69, 9.17) is 0 Å². The van der Waals surface area contributed by atoms with Crippen LogP contribution >= 0.6 is 0 Å². The van der Waals surface area contributed by atoms with Crippen molar-refractivity contribution in [2.75, 3.05) is 13.1 Å². The standard InChI is InChI=1S/C10H20N2/c1-10(2)6-7-11-12-8-4-3-5-9-12/h7,10H,3-6,8-9H2,1-2H3. The van der Waals surface area contributed by atoms with Crippen LogP contribution in [-0.2, 0) is 0 Å². The van der Waals surface area contributed by atoms with Gasteiger partial charge in [-0.3, -0.25) is 5.01 Å². The van der Waals surface area contributed by atoms with E-state index < -0.39 is 0 Å². The molecular formula is C10H20N2. The van der Waals surface area contributed by atoms with Crippen molar-refractivity contribution in [1.29, 1.82) is 0 Å². The van der Waals surface area contributed by atoms with E-state index in [0.29, 0.717) is 0 Å². The fourth-order valence-electron chi connectivity index (χ4n) is 1.37. The van der Waals surface area contributed by atoms with Gasteiger partial charge in [-0.25, -0.2) is 0 Å². The lowest BCUT2D eigenvalue weighted by Gasteiger charge is -2.23. The van der Waals surface area contributed by atoms with Gasteiger partial charge in [0.25, 0.3) is 0 Å². The van der Waals surface area contributed by atoms with Crippen molar-refractivity contribution in [3.8, 4) is 0 Å². The van der Waals surface area contributed by atoms with Gasteiger partial charge >= 0.3 is 0 Å². The molecule has 0 unspecified atom stereocenters. The van der Waals surface area contributed by atoms with Crippen LogP contribution in [-0.4, -0.2) is 24.3 Å². The first-order valence-electron chi connectivity index (χ1n) is 5.06. The van der Waals surface area contributed by atoms with Crippen LogP contribution < -0.4 is 0 Å². The maximum absolute atomic E-state index is 4.43. The first kappa shape index (κ1) is 9.56. The Morgan fingerprint density at radius 1 is 1.25 bits per heavy atom. The normalized spacial score (nSPS) is 19.4. The second-order valence-corrected chi connectivity index (χ2v) is 3.94. The maximum atomic E-state index is 4.43. The van der Waals surface area contributed by atoms with Crippen LogP contribution in [0.15, 0.2) is 5.10 Å². The highest BCUT2D eigenvalue weighted by atomic mass is 15.4. The van der Waals surface area contributed by atoms with Crippen molar-refractivity contribution < 1.29 is 0 Å². The summed E-state index contributed by atoms with van der Waals surface area (Å²) in [4.78, 5) is 0. The molecule has 0 aromatic carbocycles. The van der Waals surface area contributed by atoms with Crippen molar-refractivity contribution in [2.45, 2.75) is 39.5 Å². The average molecular weight is 168 g/mol. The number of rotatable bonds is 3. The molecule has 0 aromatic heterocycles. The summed E-state index contributed by atoms with van der Waals surface area (Å²) in [6.07, 6.45) is 7.20. The van der Waals surface area contributed by atoms with E-state index in [0.717, 1.165) is 25.4 Å². The molecule has 1 aliphatic rings. The van der Waals surface area contributed by atoms with Gasteiger partial charge in [-0.2, -0.15) is 5.10 Å². The molecule has 1 heterocycles. The summed E-state index contributed by atoms with van der Waals surface area (Å²) in [7, 11) is 0. The fraction of sp³-hybridized carbons (Fsp3) is 0.900. The highest BCUT2D eigenvalue weighted by molar-refractivity contribution is 5.56. The molecule has 1 aliphatic heterocycles. The molecule has 0 aromatic rings. The van der Waals surface area contributed by atoms with Crippen LogP contribution in [0.5, 0.6) is 0 Å². The minimum Gasteiger partial charge on any atom is -0.297 e. The Labute approximate surface area is 75.6 Å². The summed E-state index contributed by atoms with van der Waals surface area (Å²) in [5.41, 5.74) is 0. The van der Waals surface area contributed by atoms with E-state index in [2.05, 4.69) is 30.2 Å². The Bertz CT molecular complexity index is 135. The first-order chi connectivity index (χ1) is 5.79. The van der Waals surface area contributed by atoms with Crippen LogP contribution in [0.2, 0.25) is 0 Å². The molecule has 0 N–H and O–H groups in total. The van der Waals surface area contributed by atoms with Gasteiger partial charge in [-0.05, 0) is 31.6 Å². The Kier molecular flexibility index (Phi) is 4.12. The maximum Gasteiger partial charge on any atom is 0.0360 e. The van der Waals surface area contributed by atoms with Gasteiger partial charge in [0.2, 0.25) is 0 Å². The summed E-state index contributed by atoms with van der Waals surface area (Å²) < 4.78 is 0. The molecule has 0 radical (unpaired) electrons. The van der Waals surface area contributed by atoms with Crippen LogP contribution in [0, 0.1) is 5.92 Å². The van der Waals surface area contributed by atoms with Gasteiger partial charge in [-0.1, -0.05) is 13.8 Å². The Morgan fingerprint density at radius 2 is 1.92 bits per heavy atom. The van der Waals surface area contributed by atoms with E-state index in [1.54, 1.807) is 0 Å². The zero-order valence-electron chi connectivity index (χ0n) is 8.29. The lowest BCUT2D eigenvalue weighted by molar-refractivity contribution is 0.240. The number of hydrazone groups is 1. The van der Waals surface area contributed by atoms with Crippen molar-refractivity contribution in [2.24, 2.45) is 11.0 Å². The molecule has 0 atom stereocenters. The van der Waals surface area contributed by atoms with Gasteiger partial charge in [-0.15, -0.1) is 0 Å². The molecular weight excluding hydrogens is 148 g/mol. The molecule has 0 bridgehead atoms. The fourth-order valence-corrected chi connectivity index (χ4v) is 1.37. The molecule has 0 aliphatic carbocycles. The van der Waals surface area contributed by atoms with E-state index >= 15 is 0 Å². The molecule has 70 valence electrons. The van der Waals surface area contributed by atoms with Crippen molar-refractivity contribution in [3.63, 3.8) is 0 Å². The molecule has 2 nitrogen and oxygen atoms in total. The second kappa shape index (κ2) is 5.18. The number of nitrogens with zero attached hydrogens (tertiary/aromatic N) is 2. The summed E-state index contributed by atoms with van der Waals surface area (Å²) in [5.74, 6) is 0.735. The first-order valence-corrected chi connectivity index (χ1v) is 5.06. The molecule has 12 heavy (non-hydrogen) atoms. The van der Waals surface area contributed by atoms with Crippen LogP contribution in [0.3, 0.4) is 0 Å². The monoisotopic (exact) mass is 168 g/mol. The van der Waals surface area contributed by atoms with Gasteiger partial charge in [0.1, 0.15) is 0 Å². The van der Waals surface area contributed by atoms with E-state index in [-0.39, 0.29) is 0 Å². The zero-order valence-corrected chi connectivity index (χ0v) is 8.29. The SMILES string of the molecule is CC(C)CC=NN1CCCCC1. The second-order valence-electron chi connectivity index (χ2n) is 3.94. The highest BCUT2D eigenvalue weighted by Crippen LogP contribution is 2.08. The lowest BCUT2D eigenvalue weighted by Crippen LogP contribution is -2.24. The molecule has 0 spiro atoms. The number of piperidine rings is 1. The van der Waals surface area contributed by atoms with Crippen LogP contribution in [0.4, 0.5) is 0 Å². The van der Waals surface area contributed by atoms with E-state index in [1.165, 1.54) is 19.3 Å². The van der Waals surface area contributed by atoms with Gasteiger partial charge in [0, 0.05) is 19.3 Å². The van der Waals surface area contributed by atoms with E-state index in [1.807, 2.05) is 0 Å². The predicted octanol–water partition coefficient (Wildman–Crippen LogP) is 2.50. The third-order valence-corrected chi connectivity index (χ3v) is 2.15. The van der Waals surface area contributed by atoms with Crippen molar-refractivity contribution >= 4 is 6.21 Å². The number of hydrogen-bond donors (Lipinski definition) is 0. The third-order valence-electron chi connectivity index (χ3n) is 2.15. The molecule has 2 heteroatoms. The van der Waals surface area contributed by atoms with Crippen LogP contribution in [0.1, 0.15) is 39.5 Å². The Morgan fingerprint density at radius 3 is 2.50 bits per heavy atom. The summed E-state index contributed by atoms with van der Waals surface area (Å²) >= 11 is 0. The summed E-state index contributed by atoms with van der Waals surface area (Å²) in [6, 6.07) is 0. The molecule has 0 saturated carbocycles. The van der Waals surface area contributed by atoms with Crippen LogP contribution in [0.25, 0.3) is 0 Å². The van der Waals surface area contributed by atoms with E-state index in [9.17, 15) is 0 Å². The minimum atomic E-state index is 0.735. The van der Waals surface area contributed by atoms with Crippen molar-refractivity contribution in [1.82, 2.24) is 5.01 Å². The smallest absolute Gasteiger partial charge is 0.0360 e. The van der Waals surface area contributed by atoms with Gasteiger partial charge < -0.3 is 0 Å². The molecule has 1 rings (SSSR count). The highest BCUT2D eigenvalue weighted by Gasteiger charge is 2.05. The lowest BCUT2D eigenvalue weighted by atomic mass is 10.1. The average Bonchev–Trinajstić information content (AvgIpc) is 2.05. The van der Waals surface area contributed by atoms with Crippen molar-refractivity contribution in [3.05, 3.63) is 0 Å². The largest absolute Gasteiger partial charge is 0.297 e. The predicted molar refractivity (Wildman–Crippen MR) is 53.4 cm³/mol. The summed E-state index contributed by atoms with van der Waals surface area (Å²) in [6.45, 7) is 6.77. The third kappa shape index (κ3) is 3.74. The van der Waals surface area contributed by atoms with Gasteiger partial charge in [0.15, 0.2) is 0 Å². The number of hydrogen-bond acceptors (Lipinski definition) is 2. The molecule has 0 amide bonds. The summed E-state index contributed by atoms with van der Waals surface area (Å²) in [5, 5.41) is 6.63. The zero-order chi connectivity index (χ0) is 8.81. The topological polar surface area (TPSA) is 15.6 Å². The van der Waals surface area contributed by atoms with Gasteiger partial charge in [0.05, 0.1) is 0 Å². The molecule has 1 fully saturated rings. The molecule has 1 saturated heterocycles. The Hall–Kier alpha value is -0.530.